The number of anilines is 1. The van der Waals surface area contributed by atoms with E-state index >= 15 is 0 Å². The lowest BCUT2D eigenvalue weighted by atomic mass is 10.0. The molecule has 0 aliphatic heterocycles. The Labute approximate surface area is 175 Å². The first-order valence-electron chi connectivity index (χ1n) is 9.48. The number of ketones is 1. The SMILES string of the molecule is CC(C)NS(=O)(=O)c1ccc(NC(=O)c2ccc3c(c2)C(=O)c2ccccc2-3)cc1. The molecule has 152 valence electrons. The number of benzene rings is 3. The maximum Gasteiger partial charge on any atom is 0.255 e. The van der Waals surface area contributed by atoms with Crippen molar-refractivity contribution in [1.82, 2.24) is 4.72 Å². The first-order valence-corrected chi connectivity index (χ1v) is 11.0. The van der Waals surface area contributed by atoms with E-state index < -0.39 is 10.0 Å². The van der Waals surface area contributed by atoms with E-state index in [9.17, 15) is 18.0 Å². The van der Waals surface area contributed by atoms with Crippen molar-refractivity contribution >= 4 is 27.4 Å². The number of carbonyl (C=O) groups is 2. The summed E-state index contributed by atoms with van der Waals surface area (Å²) in [4.78, 5) is 25.4. The molecule has 0 saturated carbocycles. The summed E-state index contributed by atoms with van der Waals surface area (Å²) < 4.78 is 26.9. The van der Waals surface area contributed by atoms with Crippen LogP contribution < -0.4 is 10.0 Å². The zero-order valence-electron chi connectivity index (χ0n) is 16.5. The third-order valence-corrected chi connectivity index (χ3v) is 6.48. The maximum atomic E-state index is 12.7. The van der Waals surface area contributed by atoms with Gasteiger partial charge in [-0.05, 0) is 61.4 Å². The van der Waals surface area contributed by atoms with Crippen LogP contribution in [-0.4, -0.2) is 26.2 Å². The van der Waals surface area contributed by atoms with Gasteiger partial charge in [0.15, 0.2) is 5.78 Å². The summed E-state index contributed by atoms with van der Waals surface area (Å²) in [5, 5.41) is 2.74. The van der Waals surface area contributed by atoms with Crippen molar-refractivity contribution in [2.24, 2.45) is 0 Å². The zero-order chi connectivity index (χ0) is 21.5. The minimum atomic E-state index is -3.60. The highest BCUT2D eigenvalue weighted by atomic mass is 32.2. The molecular formula is C23H20N2O4S. The first kappa shape index (κ1) is 20.0. The average molecular weight is 420 g/mol. The van der Waals surface area contributed by atoms with Gasteiger partial charge in [0.1, 0.15) is 0 Å². The van der Waals surface area contributed by atoms with Gasteiger partial charge >= 0.3 is 0 Å². The Morgan fingerprint density at radius 2 is 1.47 bits per heavy atom. The molecular weight excluding hydrogens is 400 g/mol. The summed E-state index contributed by atoms with van der Waals surface area (Å²) in [5.41, 5.74) is 3.64. The predicted octanol–water partition coefficient (Wildman–Crippen LogP) is 3.84. The molecule has 1 aliphatic carbocycles. The average Bonchev–Trinajstić information content (AvgIpc) is 3.00. The third-order valence-electron chi connectivity index (χ3n) is 4.80. The second-order valence-electron chi connectivity index (χ2n) is 7.39. The monoisotopic (exact) mass is 420 g/mol. The van der Waals surface area contributed by atoms with Crippen LogP contribution in [0.15, 0.2) is 71.6 Å². The number of carbonyl (C=O) groups excluding carboxylic acids is 2. The molecule has 0 spiro atoms. The number of rotatable bonds is 5. The van der Waals surface area contributed by atoms with Crippen LogP contribution in [0.1, 0.15) is 40.1 Å². The summed E-state index contributed by atoms with van der Waals surface area (Å²) in [7, 11) is -3.60. The summed E-state index contributed by atoms with van der Waals surface area (Å²) in [6, 6.07) is 18.1. The molecule has 0 heterocycles. The van der Waals surface area contributed by atoms with Gasteiger partial charge in [-0.3, -0.25) is 9.59 Å². The standard InChI is InChI=1S/C23H20N2O4S/c1-14(2)25-30(28,29)17-10-8-16(9-11-17)24-23(27)15-7-12-19-18-5-3-4-6-20(18)22(26)21(19)13-15/h3-14,25H,1-2H3,(H,24,27). The number of hydrogen-bond acceptors (Lipinski definition) is 4. The molecule has 3 aromatic rings. The lowest BCUT2D eigenvalue weighted by Gasteiger charge is -2.11. The van der Waals surface area contributed by atoms with Crippen LogP contribution in [-0.2, 0) is 10.0 Å². The smallest absolute Gasteiger partial charge is 0.255 e. The fourth-order valence-corrected chi connectivity index (χ4v) is 4.72. The second kappa shape index (κ2) is 7.51. The van der Waals surface area contributed by atoms with E-state index in [2.05, 4.69) is 10.0 Å². The second-order valence-corrected chi connectivity index (χ2v) is 9.10. The van der Waals surface area contributed by atoms with Crippen LogP contribution in [0, 0.1) is 0 Å². The van der Waals surface area contributed by atoms with Gasteiger partial charge in [0.25, 0.3) is 5.91 Å². The van der Waals surface area contributed by atoms with Crippen molar-refractivity contribution in [1.29, 1.82) is 0 Å². The molecule has 0 unspecified atom stereocenters. The van der Waals surface area contributed by atoms with Crippen LogP contribution in [0.3, 0.4) is 0 Å². The van der Waals surface area contributed by atoms with Gasteiger partial charge in [0.2, 0.25) is 10.0 Å². The first-order chi connectivity index (χ1) is 14.3. The highest BCUT2D eigenvalue weighted by Crippen LogP contribution is 2.36. The van der Waals surface area contributed by atoms with Gasteiger partial charge in [-0.1, -0.05) is 30.3 Å². The van der Waals surface area contributed by atoms with Crippen molar-refractivity contribution in [3.63, 3.8) is 0 Å². The summed E-state index contributed by atoms with van der Waals surface area (Å²) in [6.07, 6.45) is 0. The van der Waals surface area contributed by atoms with Gasteiger partial charge in [0, 0.05) is 28.4 Å². The Bertz CT molecular complexity index is 1260. The lowest BCUT2D eigenvalue weighted by molar-refractivity contribution is 0.102. The van der Waals surface area contributed by atoms with Crippen LogP contribution in [0.5, 0.6) is 0 Å². The minimum Gasteiger partial charge on any atom is -0.322 e. The summed E-state index contributed by atoms with van der Waals surface area (Å²) in [5.74, 6) is -0.472. The van der Waals surface area contributed by atoms with Gasteiger partial charge in [-0.2, -0.15) is 0 Å². The molecule has 0 saturated heterocycles. The number of nitrogens with one attached hydrogen (secondary N) is 2. The largest absolute Gasteiger partial charge is 0.322 e. The maximum absolute atomic E-state index is 12.7. The Balaban J connectivity index is 1.54. The molecule has 0 bridgehead atoms. The normalized spacial score (nSPS) is 12.6. The fourth-order valence-electron chi connectivity index (χ4n) is 3.47. The molecule has 3 aromatic carbocycles. The van der Waals surface area contributed by atoms with Gasteiger partial charge in [0.05, 0.1) is 4.90 Å². The quantitative estimate of drug-likeness (QED) is 0.513. The van der Waals surface area contributed by atoms with Crippen molar-refractivity contribution in [3.05, 3.63) is 83.4 Å². The molecule has 6 nitrogen and oxygen atoms in total. The minimum absolute atomic E-state index is 0.0949. The van der Waals surface area contributed by atoms with Crippen molar-refractivity contribution < 1.29 is 18.0 Å². The van der Waals surface area contributed by atoms with Crippen molar-refractivity contribution in [3.8, 4) is 11.1 Å². The molecule has 0 fully saturated rings. The third kappa shape index (κ3) is 3.65. The lowest BCUT2D eigenvalue weighted by Crippen LogP contribution is -2.30. The molecule has 1 aliphatic rings. The number of sulfonamides is 1. The van der Waals surface area contributed by atoms with E-state index in [0.717, 1.165) is 11.1 Å². The van der Waals surface area contributed by atoms with Crippen LogP contribution in [0.2, 0.25) is 0 Å². The van der Waals surface area contributed by atoms with E-state index in [1.807, 2.05) is 18.2 Å². The molecule has 0 atom stereocenters. The van der Waals surface area contributed by atoms with Gasteiger partial charge in [-0.15, -0.1) is 0 Å². The molecule has 7 heteroatoms. The number of amides is 1. The highest BCUT2D eigenvalue weighted by molar-refractivity contribution is 7.89. The van der Waals surface area contributed by atoms with Crippen LogP contribution >= 0.6 is 0 Å². The fraction of sp³-hybridized carbons (Fsp3) is 0.130. The molecule has 0 radical (unpaired) electrons. The predicted molar refractivity (Wildman–Crippen MR) is 115 cm³/mol. The molecule has 2 N–H and O–H groups in total. The molecule has 0 aromatic heterocycles. The molecule has 30 heavy (non-hydrogen) atoms. The zero-order valence-corrected chi connectivity index (χ0v) is 17.3. The molecule has 1 amide bonds. The van der Waals surface area contributed by atoms with E-state index in [4.69, 9.17) is 0 Å². The summed E-state index contributed by atoms with van der Waals surface area (Å²) in [6.45, 7) is 3.48. The van der Waals surface area contributed by atoms with E-state index in [-0.39, 0.29) is 22.6 Å². The van der Waals surface area contributed by atoms with E-state index in [0.29, 0.717) is 22.4 Å². The number of fused-ring (bicyclic) bond motifs is 3. The molecule has 4 rings (SSSR count). The van der Waals surface area contributed by atoms with Crippen molar-refractivity contribution in [2.75, 3.05) is 5.32 Å². The van der Waals surface area contributed by atoms with E-state index in [1.54, 1.807) is 38.1 Å². The topological polar surface area (TPSA) is 92.3 Å². The van der Waals surface area contributed by atoms with Crippen molar-refractivity contribution in [2.45, 2.75) is 24.8 Å². The van der Waals surface area contributed by atoms with E-state index in [1.165, 1.54) is 24.3 Å². The Hall–Kier alpha value is -3.29. The highest BCUT2D eigenvalue weighted by Gasteiger charge is 2.27. The Kier molecular flexibility index (Phi) is 5.01. The van der Waals surface area contributed by atoms with Gasteiger partial charge in [-0.25, -0.2) is 13.1 Å². The van der Waals surface area contributed by atoms with Crippen LogP contribution in [0.25, 0.3) is 11.1 Å². The Morgan fingerprint density at radius 1 is 0.833 bits per heavy atom. The summed E-state index contributed by atoms with van der Waals surface area (Å²) >= 11 is 0. The number of hydrogen-bond donors (Lipinski definition) is 2. The van der Waals surface area contributed by atoms with Gasteiger partial charge < -0.3 is 5.32 Å². The Morgan fingerprint density at radius 3 is 2.13 bits per heavy atom. The van der Waals surface area contributed by atoms with Crippen LogP contribution in [0.4, 0.5) is 5.69 Å².